The Morgan fingerprint density at radius 1 is 1.53 bits per heavy atom. The van der Waals surface area contributed by atoms with Gasteiger partial charge in [-0.3, -0.25) is 19.5 Å². The van der Waals surface area contributed by atoms with Gasteiger partial charge in [0, 0.05) is 12.7 Å². The van der Waals surface area contributed by atoms with E-state index in [4.69, 9.17) is 0 Å². The molecule has 4 heteroatoms. The highest BCUT2D eigenvalue weighted by atomic mass is 16.2. The van der Waals surface area contributed by atoms with E-state index < -0.39 is 0 Å². The predicted molar refractivity (Wildman–Crippen MR) is 55.9 cm³/mol. The van der Waals surface area contributed by atoms with Crippen LogP contribution in [0.5, 0.6) is 0 Å². The zero-order valence-corrected chi connectivity index (χ0v) is 8.64. The number of carbonyl (C=O) groups excluding carboxylic acids is 2. The van der Waals surface area contributed by atoms with Gasteiger partial charge in [0.15, 0.2) is 0 Å². The largest absolute Gasteiger partial charge is 0.319 e. The van der Waals surface area contributed by atoms with E-state index in [-0.39, 0.29) is 11.6 Å². The molecule has 1 aromatic heterocycles. The number of unbranched alkanes of at least 4 members (excludes halogenated alkanes) is 1. The summed E-state index contributed by atoms with van der Waals surface area (Å²) in [7, 11) is 0. The van der Waals surface area contributed by atoms with Gasteiger partial charge >= 0.3 is 6.41 Å². The van der Waals surface area contributed by atoms with E-state index in [0.29, 0.717) is 6.54 Å². The Morgan fingerprint density at radius 3 is 2.87 bits per heavy atom. The molecule has 0 spiro atoms. The quantitative estimate of drug-likeness (QED) is 0.682. The highest BCUT2D eigenvalue weighted by Gasteiger charge is 2.15. The summed E-state index contributed by atoms with van der Waals surface area (Å²) in [5.41, 5.74) is 0.275. The van der Waals surface area contributed by atoms with Gasteiger partial charge in [0.25, 0.3) is 5.91 Å². The van der Waals surface area contributed by atoms with Crippen LogP contribution in [0.4, 0.5) is 0 Å². The van der Waals surface area contributed by atoms with Crippen LogP contribution in [0.25, 0.3) is 0 Å². The maximum atomic E-state index is 11.7. The second-order valence-corrected chi connectivity index (χ2v) is 3.12. The predicted octanol–water partition coefficient (Wildman–Crippen LogP) is 1.39. The second-order valence-electron chi connectivity index (χ2n) is 3.12. The minimum Gasteiger partial charge on any atom is -0.269 e. The molecule has 0 atom stereocenters. The summed E-state index contributed by atoms with van der Waals surface area (Å²) in [4.78, 5) is 27.2. The number of nitrogens with zero attached hydrogens (tertiary/aromatic N) is 2. The van der Waals surface area contributed by atoms with Crippen molar-refractivity contribution in [3.63, 3.8) is 0 Å². The average Bonchev–Trinajstić information content (AvgIpc) is 2.31. The summed E-state index contributed by atoms with van der Waals surface area (Å²) in [6.07, 6.45) is 4.86. The number of hydrogen-bond donors (Lipinski definition) is 0. The number of aromatic nitrogens is 1. The van der Waals surface area contributed by atoms with E-state index >= 15 is 0 Å². The lowest BCUT2D eigenvalue weighted by atomic mass is 10.3. The molecular formula is C11H13N2O2. The van der Waals surface area contributed by atoms with Crippen LogP contribution in [0.3, 0.4) is 0 Å². The van der Waals surface area contributed by atoms with Crippen LogP contribution < -0.4 is 0 Å². The molecule has 0 unspecified atom stereocenters. The third kappa shape index (κ3) is 3.16. The van der Waals surface area contributed by atoms with Crippen LogP contribution in [0.15, 0.2) is 24.4 Å². The fraction of sp³-hybridized carbons (Fsp3) is 0.364. The van der Waals surface area contributed by atoms with Gasteiger partial charge < -0.3 is 0 Å². The Labute approximate surface area is 88.9 Å². The van der Waals surface area contributed by atoms with Crippen molar-refractivity contribution in [2.24, 2.45) is 0 Å². The summed E-state index contributed by atoms with van der Waals surface area (Å²) in [6.45, 7) is 2.39. The van der Waals surface area contributed by atoms with E-state index in [1.165, 1.54) is 6.20 Å². The van der Waals surface area contributed by atoms with Crippen molar-refractivity contribution >= 4 is 12.3 Å². The van der Waals surface area contributed by atoms with Gasteiger partial charge in [-0.1, -0.05) is 19.4 Å². The Balaban J connectivity index is 2.69. The Hall–Kier alpha value is -1.71. The number of rotatable bonds is 5. The van der Waals surface area contributed by atoms with Gasteiger partial charge in [0.1, 0.15) is 5.69 Å². The maximum Gasteiger partial charge on any atom is 0.319 e. The molecule has 0 aromatic carbocycles. The van der Waals surface area contributed by atoms with Crippen molar-refractivity contribution in [3.8, 4) is 0 Å². The standard InChI is InChI=1S/C11H13N2O2/c1-2-3-8-13(9-14)11(15)10-6-4-5-7-12-10/h4-7H,2-3,8H2,1H3. The van der Waals surface area contributed by atoms with E-state index in [2.05, 4.69) is 4.98 Å². The lowest BCUT2D eigenvalue weighted by Gasteiger charge is -2.12. The smallest absolute Gasteiger partial charge is 0.269 e. The van der Waals surface area contributed by atoms with Gasteiger partial charge in [0.2, 0.25) is 0 Å². The molecule has 1 radical (unpaired) electrons. The Bertz CT molecular complexity index is 325. The van der Waals surface area contributed by atoms with Crippen LogP contribution in [-0.4, -0.2) is 28.7 Å². The molecule has 0 aliphatic heterocycles. The summed E-state index contributed by atoms with van der Waals surface area (Å²) in [6, 6.07) is 5.01. The highest BCUT2D eigenvalue weighted by molar-refractivity contribution is 5.98. The van der Waals surface area contributed by atoms with E-state index in [0.717, 1.165) is 17.7 Å². The van der Waals surface area contributed by atoms with Crippen molar-refractivity contribution in [1.82, 2.24) is 9.88 Å². The molecule has 1 rings (SSSR count). The number of carbonyl (C=O) groups is 1. The molecule has 15 heavy (non-hydrogen) atoms. The molecule has 2 amide bonds. The molecule has 1 heterocycles. The van der Waals surface area contributed by atoms with Crippen molar-refractivity contribution in [2.45, 2.75) is 19.8 Å². The average molecular weight is 205 g/mol. The van der Waals surface area contributed by atoms with Crippen LogP contribution in [0, 0.1) is 0 Å². The van der Waals surface area contributed by atoms with E-state index in [1.54, 1.807) is 24.6 Å². The molecule has 0 N–H and O–H groups in total. The number of pyridine rings is 1. The molecule has 0 aliphatic carbocycles. The van der Waals surface area contributed by atoms with E-state index in [9.17, 15) is 9.59 Å². The number of amides is 2. The zero-order chi connectivity index (χ0) is 11.1. The highest BCUT2D eigenvalue weighted by Crippen LogP contribution is 2.01. The molecule has 0 fully saturated rings. The van der Waals surface area contributed by atoms with Gasteiger partial charge in [-0.15, -0.1) is 0 Å². The van der Waals surface area contributed by atoms with Gasteiger partial charge in [0.05, 0.1) is 0 Å². The number of imide groups is 1. The SMILES string of the molecule is CCCCN([C]=O)C(=O)c1ccccn1. The molecular weight excluding hydrogens is 192 g/mol. The minimum atomic E-state index is -0.390. The fourth-order valence-corrected chi connectivity index (χ4v) is 1.13. The first-order valence-corrected chi connectivity index (χ1v) is 4.90. The van der Waals surface area contributed by atoms with Gasteiger partial charge in [-0.25, -0.2) is 0 Å². The molecule has 0 saturated carbocycles. The van der Waals surface area contributed by atoms with Crippen LogP contribution in [0.1, 0.15) is 30.3 Å². The van der Waals surface area contributed by atoms with Crippen LogP contribution in [0.2, 0.25) is 0 Å². The normalized spacial score (nSPS) is 9.67. The Morgan fingerprint density at radius 2 is 2.33 bits per heavy atom. The summed E-state index contributed by atoms with van der Waals surface area (Å²) >= 11 is 0. The van der Waals surface area contributed by atoms with Gasteiger partial charge in [-0.05, 0) is 18.6 Å². The Kier molecular flexibility index (Phi) is 4.47. The third-order valence-electron chi connectivity index (χ3n) is 1.97. The molecule has 1 aromatic rings. The van der Waals surface area contributed by atoms with Crippen molar-refractivity contribution in [1.29, 1.82) is 0 Å². The van der Waals surface area contributed by atoms with E-state index in [1.807, 2.05) is 6.92 Å². The summed E-state index contributed by atoms with van der Waals surface area (Å²) < 4.78 is 0. The summed E-state index contributed by atoms with van der Waals surface area (Å²) in [5, 5.41) is 0. The molecule has 0 aliphatic rings. The lowest BCUT2D eigenvalue weighted by Crippen LogP contribution is -2.31. The van der Waals surface area contributed by atoms with Crippen molar-refractivity contribution < 1.29 is 9.59 Å². The lowest BCUT2D eigenvalue weighted by molar-refractivity contribution is 0.0837. The third-order valence-corrected chi connectivity index (χ3v) is 1.97. The molecule has 79 valence electrons. The van der Waals surface area contributed by atoms with Crippen LogP contribution in [-0.2, 0) is 4.79 Å². The van der Waals surface area contributed by atoms with Gasteiger partial charge in [-0.2, -0.15) is 0 Å². The first-order valence-electron chi connectivity index (χ1n) is 4.90. The molecule has 0 bridgehead atoms. The first-order chi connectivity index (χ1) is 7.29. The zero-order valence-electron chi connectivity index (χ0n) is 8.64. The number of hydrogen-bond acceptors (Lipinski definition) is 3. The van der Waals surface area contributed by atoms with Crippen molar-refractivity contribution in [2.75, 3.05) is 6.54 Å². The maximum absolute atomic E-state index is 11.7. The second kappa shape index (κ2) is 5.90. The van der Waals surface area contributed by atoms with Crippen molar-refractivity contribution in [3.05, 3.63) is 30.1 Å². The molecule has 0 saturated heterocycles. The first kappa shape index (κ1) is 11.4. The molecule has 4 nitrogen and oxygen atoms in total. The fourth-order valence-electron chi connectivity index (χ4n) is 1.13. The topological polar surface area (TPSA) is 50.3 Å². The monoisotopic (exact) mass is 205 g/mol. The van der Waals surface area contributed by atoms with Crippen LogP contribution >= 0.6 is 0 Å². The minimum absolute atomic E-state index is 0.275. The summed E-state index contributed by atoms with van der Waals surface area (Å²) in [5.74, 6) is -0.390.